The Hall–Kier alpha value is -1.29. The molecule has 1 heterocycles. The fraction of sp³-hybridized carbons (Fsp3) is 0.615. The number of aliphatic hydroxyl groups excluding tert-OH is 1. The van der Waals surface area contributed by atoms with E-state index < -0.39 is 0 Å². The smallest absolute Gasteiger partial charge is 0.254 e. The minimum Gasteiger partial charge on any atom is -0.469 e. The van der Waals surface area contributed by atoms with Crippen LogP contribution in [0.15, 0.2) is 16.7 Å². The van der Waals surface area contributed by atoms with Crippen molar-refractivity contribution in [3.05, 3.63) is 23.7 Å². The van der Waals surface area contributed by atoms with Gasteiger partial charge in [-0.1, -0.05) is 13.8 Å². The first-order chi connectivity index (χ1) is 8.06. The van der Waals surface area contributed by atoms with E-state index in [1.54, 1.807) is 13.0 Å². The van der Waals surface area contributed by atoms with E-state index in [2.05, 4.69) is 5.32 Å². The van der Waals surface area contributed by atoms with Crippen molar-refractivity contribution in [2.45, 2.75) is 33.6 Å². The fourth-order valence-electron chi connectivity index (χ4n) is 1.71. The molecule has 96 valence electrons. The summed E-state index contributed by atoms with van der Waals surface area (Å²) < 4.78 is 5.09. The van der Waals surface area contributed by atoms with Crippen LogP contribution in [0.4, 0.5) is 0 Å². The monoisotopic (exact) mass is 239 g/mol. The van der Waals surface area contributed by atoms with E-state index in [-0.39, 0.29) is 17.9 Å². The van der Waals surface area contributed by atoms with Gasteiger partial charge >= 0.3 is 0 Å². The maximum absolute atomic E-state index is 11.8. The fourth-order valence-corrected chi connectivity index (χ4v) is 1.71. The van der Waals surface area contributed by atoms with Gasteiger partial charge in [-0.2, -0.15) is 0 Å². The highest BCUT2D eigenvalue weighted by Gasteiger charge is 2.26. The zero-order chi connectivity index (χ0) is 12.9. The molecule has 0 aliphatic rings. The van der Waals surface area contributed by atoms with E-state index in [1.807, 2.05) is 13.8 Å². The van der Waals surface area contributed by atoms with E-state index in [0.717, 1.165) is 18.6 Å². The summed E-state index contributed by atoms with van der Waals surface area (Å²) in [5, 5.41) is 12.2. The minimum atomic E-state index is -0.214. The maximum atomic E-state index is 11.8. The summed E-state index contributed by atoms with van der Waals surface area (Å²) in [5.74, 6) is 0.566. The highest BCUT2D eigenvalue weighted by Crippen LogP contribution is 2.24. The molecule has 0 unspecified atom stereocenters. The average Bonchev–Trinajstić information content (AvgIpc) is 2.78. The summed E-state index contributed by atoms with van der Waals surface area (Å²) >= 11 is 0. The van der Waals surface area contributed by atoms with Gasteiger partial charge in [-0.25, -0.2) is 0 Å². The molecule has 0 saturated heterocycles. The number of carbonyl (C=O) groups is 1. The molecule has 0 aliphatic carbocycles. The molecule has 2 N–H and O–H groups in total. The average molecular weight is 239 g/mol. The summed E-state index contributed by atoms with van der Waals surface area (Å²) in [4.78, 5) is 11.8. The first-order valence-corrected chi connectivity index (χ1v) is 6.01. The molecule has 1 aromatic rings. The van der Waals surface area contributed by atoms with E-state index >= 15 is 0 Å². The second-order valence-electron chi connectivity index (χ2n) is 4.49. The number of aliphatic hydroxyl groups is 1. The first-order valence-electron chi connectivity index (χ1n) is 6.01. The van der Waals surface area contributed by atoms with Crippen LogP contribution in [0.3, 0.4) is 0 Å². The summed E-state index contributed by atoms with van der Waals surface area (Å²) in [6.45, 7) is 6.42. The summed E-state index contributed by atoms with van der Waals surface area (Å²) in [6, 6.07) is 1.70. The number of furan rings is 1. The number of carbonyl (C=O) groups excluding carboxylic acids is 1. The van der Waals surface area contributed by atoms with Crippen LogP contribution >= 0.6 is 0 Å². The van der Waals surface area contributed by atoms with Crippen molar-refractivity contribution < 1.29 is 14.3 Å². The van der Waals surface area contributed by atoms with E-state index in [1.165, 1.54) is 6.26 Å². The van der Waals surface area contributed by atoms with Crippen molar-refractivity contribution in [1.82, 2.24) is 5.32 Å². The predicted octanol–water partition coefficient (Wildman–Crippen LogP) is 2.12. The van der Waals surface area contributed by atoms with Crippen LogP contribution in [-0.4, -0.2) is 24.2 Å². The van der Waals surface area contributed by atoms with Crippen LogP contribution in [-0.2, 0) is 0 Å². The molecule has 17 heavy (non-hydrogen) atoms. The number of nitrogens with one attached hydrogen (secondary N) is 1. The van der Waals surface area contributed by atoms with Gasteiger partial charge in [0.15, 0.2) is 0 Å². The highest BCUT2D eigenvalue weighted by atomic mass is 16.3. The molecule has 0 saturated carbocycles. The van der Waals surface area contributed by atoms with Gasteiger partial charge in [-0.15, -0.1) is 0 Å². The van der Waals surface area contributed by atoms with Crippen LogP contribution in [0, 0.1) is 12.3 Å². The second-order valence-corrected chi connectivity index (χ2v) is 4.49. The summed E-state index contributed by atoms with van der Waals surface area (Å²) in [7, 11) is 0. The van der Waals surface area contributed by atoms with Crippen molar-refractivity contribution in [3.63, 3.8) is 0 Å². The van der Waals surface area contributed by atoms with E-state index in [9.17, 15) is 9.90 Å². The van der Waals surface area contributed by atoms with Gasteiger partial charge < -0.3 is 14.8 Å². The number of amides is 1. The van der Waals surface area contributed by atoms with Crippen LogP contribution < -0.4 is 5.32 Å². The quantitative estimate of drug-likeness (QED) is 0.799. The molecule has 1 rings (SSSR count). The Morgan fingerprint density at radius 1 is 1.47 bits per heavy atom. The summed E-state index contributed by atoms with van der Waals surface area (Å²) in [6.07, 6.45) is 3.12. The lowest BCUT2D eigenvalue weighted by Gasteiger charge is -2.29. The summed E-state index contributed by atoms with van der Waals surface area (Å²) in [5.41, 5.74) is 0.315. The Labute approximate surface area is 102 Å². The topological polar surface area (TPSA) is 62.5 Å². The van der Waals surface area contributed by atoms with Crippen molar-refractivity contribution in [1.29, 1.82) is 0 Å². The molecule has 0 fully saturated rings. The Morgan fingerprint density at radius 2 is 2.12 bits per heavy atom. The lowest BCUT2D eigenvalue weighted by molar-refractivity contribution is 0.0850. The largest absolute Gasteiger partial charge is 0.469 e. The Morgan fingerprint density at radius 3 is 2.53 bits per heavy atom. The van der Waals surface area contributed by atoms with Crippen LogP contribution in [0.25, 0.3) is 0 Å². The van der Waals surface area contributed by atoms with Gasteiger partial charge in [0.2, 0.25) is 0 Å². The number of aryl methyl sites for hydroxylation is 1. The van der Waals surface area contributed by atoms with Crippen LogP contribution in [0.5, 0.6) is 0 Å². The lowest BCUT2D eigenvalue weighted by atomic mass is 9.83. The standard InChI is InChI=1S/C13H21NO3/c1-4-13(5-2,9-15)8-14-12(16)11-6-10(3)17-7-11/h6-7,15H,4-5,8-9H2,1-3H3,(H,14,16). The van der Waals surface area contributed by atoms with Gasteiger partial charge in [0.25, 0.3) is 5.91 Å². The Bertz CT molecular complexity index is 358. The highest BCUT2D eigenvalue weighted by molar-refractivity contribution is 5.93. The van der Waals surface area contributed by atoms with E-state index in [4.69, 9.17) is 4.42 Å². The van der Waals surface area contributed by atoms with Crippen molar-refractivity contribution in [2.24, 2.45) is 5.41 Å². The van der Waals surface area contributed by atoms with Crippen molar-refractivity contribution in [3.8, 4) is 0 Å². The van der Waals surface area contributed by atoms with Gasteiger partial charge in [0.1, 0.15) is 12.0 Å². The molecule has 0 spiro atoms. The SMILES string of the molecule is CCC(CC)(CO)CNC(=O)c1coc(C)c1. The van der Waals surface area contributed by atoms with Gasteiger partial charge in [-0.05, 0) is 25.8 Å². The Balaban J connectivity index is 2.58. The first kappa shape index (κ1) is 13.8. The second kappa shape index (κ2) is 5.87. The number of hydrogen-bond donors (Lipinski definition) is 2. The van der Waals surface area contributed by atoms with Crippen molar-refractivity contribution >= 4 is 5.91 Å². The number of rotatable bonds is 6. The molecule has 4 nitrogen and oxygen atoms in total. The molecular formula is C13H21NO3. The third-order valence-electron chi connectivity index (χ3n) is 3.45. The number of hydrogen-bond acceptors (Lipinski definition) is 3. The predicted molar refractivity (Wildman–Crippen MR) is 65.9 cm³/mol. The molecule has 4 heteroatoms. The molecular weight excluding hydrogens is 218 g/mol. The third kappa shape index (κ3) is 3.33. The van der Waals surface area contributed by atoms with Crippen LogP contribution in [0.2, 0.25) is 0 Å². The van der Waals surface area contributed by atoms with Gasteiger partial charge in [0, 0.05) is 12.0 Å². The molecule has 0 bridgehead atoms. The molecule has 0 aliphatic heterocycles. The Kier molecular flexibility index (Phi) is 4.75. The zero-order valence-corrected chi connectivity index (χ0v) is 10.7. The van der Waals surface area contributed by atoms with Crippen LogP contribution in [0.1, 0.15) is 42.8 Å². The van der Waals surface area contributed by atoms with Gasteiger partial charge in [-0.3, -0.25) is 4.79 Å². The molecule has 1 aromatic heterocycles. The molecule has 0 aromatic carbocycles. The maximum Gasteiger partial charge on any atom is 0.254 e. The molecule has 1 amide bonds. The third-order valence-corrected chi connectivity index (χ3v) is 3.45. The van der Waals surface area contributed by atoms with E-state index in [0.29, 0.717) is 12.1 Å². The minimum absolute atomic E-state index is 0.0880. The molecule has 0 atom stereocenters. The zero-order valence-electron chi connectivity index (χ0n) is 10.7. The lowest BCUT2D eigenvalue weighted by Crippen LogP contribution is -2.39. The molecule has 0 radical (unpaired) electrons. The normalized spacial score (nSPS) is 11.5. The van der Waals surface area contributed by atoms with Gasteiger partial charge in [0.05, 0.1) is 12.2 Å². The van der Waals surface area contributed by atoms with Crippen molar-refractivity contribution in [2.75, 3.05) is 13.2 Å².